The first kappa shape index (κ1) is 17.3. The molecule has 8 heteroatoms. The number of ketones is 1. The van der Waals surface area contributed by atoms with Crippen molar-refractivity contribution in [1.82, 2.24) is 4.90 Å². The molecule has 0 aliphatic heterocycles. The topological polar surface area (TPSA) is 89.8 Å². The summed E-state index contributed by atoms with van der Waals surface area (Å²) in [7, 11) is 3.20. The fourth-order valence-electron chi connectivity index (χ4n) is 1.62. The normalized spacial score (nSPS) is 11.0. The average Bonchev–Trinajstić information content (AvgIpc) is 2.43. The summed E-state index contributed by atoms with van der Waals surface area (Å²) in [4.78, 5) is 35.2. The van der Waals surface area contributed by atoms with Crippen LogP contribution in [0.2, 0.25) is 0 Å². The number of esters is 1. The number of nitrogens with zero attached hydrogens (tertiary/aromatic N) is 2. The van der Waals surface area contributed by atoms with Crippen molar-refractivity contribution in [1.29, 1.82) is 0 Å². The molecule has 0 aliphatic rings. The third kappa shape index (κ3) is 4.11. The van der Waals surface area contributed by atoms with Gasteiger partial charge in [0.15, 0.2) is 0 Å². The molecule has 7 nitrogen and oxygen atoms in total. The Balaban J connectivity index is 3.22. The van der Waals surface area contributed by atoms with E-state index in [1.807, 2.05) is 0 Å². The summed E-state index contributed by atoms with van der Waals surface area (Å²) in [6, 6.07) is 2.69. The zero-order chi connectivity index (χ0) is 16.9. The molecule has 0 saturated carbocycles. The second-order valence-corrected chi connectivity index (χ2v) is 4.48. The Morgan fingerprint density at radius 2 is 2.05 bits per heavy atom. The summed E-state index contributed by atoms with van der Waals surface area (Å²) in [5, 5.41) is 10.6. The molecule has 1 aromatic rings. The molecule has 0 spiro atoms. The predicted molar refractivity (Wildman–Crippen MR) is 75.8 cm³/mol. The molecule has 0 amide bonds. The van der Waals surface area contributed by atoms with E-state index in [2.05, 4.69) is 0 Å². The molecule has 0 saturated heterocycles. The molecule has 0 aromatic heterocycles. The van der Waals surface area contributed by atoms with Crippen LogP contribution in [-0.2, 0) is 9.53 Å². The van der Waals surface area contributed by atoms with E-state index in [9.17, 15) is 24.1 Å². The van der Waals surface area contributed by atoms with Crippen molar-refractivity contribution in [3.05, 3.63) is 51.5 Å². The van der Waals surface area contributed by atoms with E-state index in [4.69, 9.17) is 4.74 Å². The summed E-state index contributed by atoms with van der Waals surface area (Å²) in [5.74, 6) is -2.77. The zero-order valence-corrected chi connectivity index (χ0v) is 12.3. The van der Waals surface area contributed by atoms with Crippen molar-refractivity contribution in [2.45, 2.75) is 6.92 Å². The Kier molecular flexibility index (Phi) is 5.73. The number of Topliss-reactive ketones (excluding diaryl/α,β-unsaturated/α-hetero) is 1. The smallest absolute Gasteiger partial charge is 0.343 e. The van der Waals surface area contributed by atoms with Crippen molar-refractivity contribution in [2.75, 3.05) is 20.7 Å². The van der Waals surface area contributed by atoms with Crippen molar-refractivity contribution in [3.8, 4) is 0 Å². The third-order valence-corrected chi connectivity index (χ3v) is 2.53. The summed E-state index contributed by atoms with van der Waals surface area (Å²) in [6.45, 7) is 1.66. The van der Waals surface area contributed by atoms with Gasteiger partial charge in [-0.3, -0.25) is 14.9 Å². The molecule has 0 radical (unpaired) electrons. The highest BCUT2D eigenvalue weighted by Crippen LogP contribution is 2.20. The first-order valence-corrected chi connectivity index (χ1v) is 6.32. The lowest BCUT2D eigenvalue weighted by molar-refractivity contribution is -0.387. The first-order valence-electron chi connectivity index (χ1n) is 6.32. The van der Waals surface area contributed by atoms with E-state index in [1.54, 1.807) is 21.0 Å². The molecule has 1 rings (SSSR count). The highest BCUT2D eigenvalue weighted by Gasteiger charge is 2.24. The lowest BCUT2D eigenvalue weighted by atomic mass is 10.0. The highest BCUT2D eigenvalue weighted by molar-refractivity contribution is 6.24. The minimum atomic E-state index is -1.15. The number of benzene rings is 1. The van der Waals surface area contributed by atoms with Gasteiger partial charge in [0, 0.05) is 31.9 Å². The molecular weight excluding hydrogens is 295 g/mol. The Labute approximate surface area is 126 Å². The van der Waals surface area contributed by atoms with Crippen molar-refractivity contribution < 1.29 is 23.6 Å². The van der Waals surface area contributed by atoms with Crippen LogP contribution in [-0.4, -0.2) is 42.3 Å². The van der Waals surface area contributed by atoms with Crippen LogP contribution in [0.25, 0.3) is 0 Å². The first-order chi connectivity index (χ1) is 10.3. The van der Waals surface area contributed by atoms with E-state index in [0.717, 1.165) is 18.2 Å². The second kappa shape index (κ2) is 7.30. The molecule has 0 fully saturated rings. The van der Waals surface area contributed by atoms with Gasteiger partial charge in [0.2, 0.25) is 11.6 Å². The molecule has 0 atom stereocenters. The minimum Gasteiger partial charge on any atom is -0.462 e. The molecule has 0 bridgehead atoms. The molecule has 1 aromatic carbocycles. The minimum absolute atomic E-state index is 0.0749. The van der Waals surface area contributed by atoms with Crippen LogP contribution < -0.4 is 0 Å². The van der Waals surface area contributed by atoms with Gasteiger partial charge >= 0.3 is 11.7 Å². The van der Waals surface area contributed by atoms with Crippen LogP contribution in [0.15, 0.2) is 30.0 Å². The van der Waals surface area contributed by atoms with E-state index in [-0.39, 0.29) is 17.7 Å². The van der Waals surface area contributed by atoms with Crippen LogP contribution in [0.1, 0.15) is 17.3 Å². The van der Waals surface area contributed by atoms with Crippen LogP contribution in [0.5, 0.6) is 0 Å². The SMILES string of the molecule is CCOC(=O)/C(=C\N(C)C)C(=O)c1ccc([N+](=O)[O-])c(F)c1. The number of nitro groups is 1. The Morgan fingerprint density at radius 1 is 1.41 bits per heavy atom. The molecule has 0 N–H and O–H groups in total. The maximum Gasteiger partial charge on any atom is 0.343 e. The third-order valence-electron chi connectivity index (χ3n) is 2.53. The van der Waals surface area contributed by atoms with Crippen molar-refractivity contribution in [3.63, 3.8) is 0 Å². The average molecular weight is 310 g/mol. The van der Waals surface area contributed by atoms with E-state index in [1.165, 1.54) is 11.1 Å². The maximum atomic E-state index is 13.6. The lowest BCUT2D eigenvalue weighted by Gasteiger charge is -2.10. The molecular formula is C14H15FN2O5. The Hall–Kier alpha value is -2.77. The maximum absolute atomic E-state index is 13.6. The standard InChI is InChI=1S/C14H15FN2O5/c1-4-22-14(19)10(8-16(2)3)13(18)9-5-6-12(17(20)21)11(15)7-9/h5-8H,4H2,1-3H3/b10-8-. The number of hydrogen-bond donors (Lipinski definition) is 0. The summed E-state index contributed by atoms with van der Waals surface area (Å²) in [6.07, 6.45) is 1.25. The van der Waals surface area contributed by atoms with Gasteiger partial charge in [-0.05, 0) is 19.1 Å². The van der Waals surface area contributed by atoms with Crippen LogP contribution >= 0.6 is 0 Å². The molecule has 0 unspecified atom stereocenters. The van der Waals surface area contributed by atoms with Gasteiger partial charge in [-0.25, -0.2) is 4.79 Å². The summed E-state index contributed by atoms with van der Waals surface area (Å²) in [5.41, 5.74) is -1.21. The number of hydrogen-bond acceptors (Lipinski definition) is 6. The van der Waals surface area contributed by atoms with Crippen LogP contribution in [0.3, 0.4) is 0 Å². The molecule has 118 valence electrons. The number of rotatable bonds is 6. The van der Waals surface area contributed by atoms with Gasteiger partial charge in [0.1, 0.15) is 5.57 Å². The quantitative estimate of drug-likeness (QED) is 0.152. The zero-order valence-electron chi connectivity index (χ0n) is 12.3. The summed E-state index contributed by atoms with van der Waals surface area (Å²) >= 11 is 0. The highest BCUT2D eigenvalue weighted by atomic mass is 19.1. The van der Waals surface area contributed by atoms with Crippen LogP contribution in [0, 0.1) is 15.9 Å². The van der Waals surface area contributed by atoms with Gasteiger partial charge < -0.3 is 9.64 Å². The number of halogens is 1. The molecule has 0 aliphatic carbocycles. The van der Waals surface area contributed by atoms with Gasteiger partial charge in [-0.2, -0.15) is 4.39 Å². The largest absolute Gasteiger partial charge is 0.462 e. The van der Waals surface area contributed by atoms with Crippen molar-refractivity contribution >= 4 is 17.4 Å². The molecule has 22 heavy (non-hydrogen) atoms. The number of carbonyl (C=O) groups excluding carboxylic acids is 2. The number of nitro benzene ring substituents is 1. The fourth-order valence-corrected chi connectivity index (χ4v) is 1.62. The Bertz CT molecular complexity index is 640. The number of ether oxygens (including phenoxy) is 1. The fraction of sp³-hybridized carbons (Fsp3) is 0.286. The van der Waals surface area contributed by atoms with E-state index in [0.29, 0.717) is 0 Å². The van der Waals surface area contributed by atoms with Gasteiger partial charge in [-0.1, -0.05) is 0 Å². The Morgan fingerprint density at radius 3 is 2.50 bits per heavy atom. The van der Waals surface area contributed by atoms with Crippen molar-refractivity contribution in [2.24, 2.45) is 0 Å². The van der Waals surface area contributed by atoms with Gasteiger partial charge in [0.05, 0.1) is 11.5 Å². The number of carbonyl (C=O) groups is 2. The van der Waals surface area contributed by atoms with Gasteiger partial charge in [-0.15, -0.1) is 0 Å². The monoisotopic (exact) mass is 310 g/mol. The molecule has 0 heterocycles. The predicted octanol–water partition coefficient (Wildman–Crippen LogP) is 1.93. The second-order valence-electron chi connectivity index (χ2n) is 4.48. The van der Waals surface area contributed by atoms with Crippen LogP contribution in [0.4, 0.5) is 10.1 Å². The summed E-state index contributed by atoms with van der Waals surface area (Å²) < 4.78 is 18.4. The van der Waals surface area contributed by atoms with E-state index < -0.39 is 28.2 Å². The lowest BCUT2D eigenvalue weighted by Crippen LogP contribution is -2.19. The van der Waals surface area contributed by atoms with Gasteiger partial charge in [0.25, 0.3) is 0 Å². The van der Waals surface area contributed by atoms with E-state index >= 15 is 0 Å².